The Balaban J connectivity index is 1.71. The van der Waals surface area contributed by atoms with Crippen LogP contribution in [0, 0.1) is 5.82 Å². The number of rotatable bonds is 5. The lowest BCUT2D eigenvalue weighted by Crippen LogP contribution is -2.19. The molecule has 1 aromatic heterocycles. The van der Waals surface area contributed by atoms with Crippen LogP contribution in [0.2, 0.25) is 5.02 Å². The summed E-state index contributed by atoms with van der Waals surface area (Å²) in [6.45, 7) is -0.176. The molecule has 3 aromatic carbocycles. The highest BCUT2D eigenvalue weighted by molar-refractivity contribution is 7.91. The largest absolute Gasteiger partial charge is 0.337 e. The quantitative estimate of drug-likeness (QED) is 0.477. The van der Waals surface area contributed by atoms with Gasteiger partial charge in [-0.3, -0.25) is 4.79 Å². The summed E-state index contributed by atoms with van der Waals surface area (Å²) in [5.74, 6) is -1.02. The first kappa shape index (κ1) is 20.1. The van der Waals surface area contributed by atoms with Gasteiger partial charge >= 0.3 is 0 Å². The summed E-state index contributed by atoms with van der Waals surface area (Å²) in [7, 11) is -3.83. The summed E-state index contributed by atoms with van der Waals surface area (Å²) < 4.78 is 41.7. The maximum atomic E-state index is 13.8. The molecule has 0 atom stereocenters. The predicted molar refractivity (Wildman–Crippen MR) is 114 cm³/mol. The van der Waals surface area contributed by atoms with Crippen LogP contribution < -0.4 is 5.32 Å². The molecule has 8 heteroatoms. The number of carbonyl (C=O) groups excluding carboxylic acids is 1. The molecule has 0 aliphatic carbocycles. The molecule has 0 unspecified atom stereocenters. The molecular weight excluding hydrogens is 427 g/mol. The maximum Gasteiger partial charge on any atom is 0.244 e. The summed E-state index contributed by atoms with van der Waals surface area (Å²) in [6, 6.07) is 18.6. The fourth-order valence-electron chi connectivity index (χ4n) is 3.21. The zero-order chi connectivity index (χ0) is 21.3. The van der Waals surface area contributed by atoms with Crippen molar-refractivity contribution in [1.82, 2.24) is 4.57 Å². The van der Waals surface area contributed by atoms with Crippen molar-refractivity contribution in [3.05, 3.63) is 89.8 Å². The van der Waals surface area contributed by atoms with E-state index in [2.05, 4.69) is 5.32 Å². The lowest BCUT2D eigenvalue weighted by atomic mass is 10.2. The van der Waals surface area contributed by atoms with Crippen LogP contribution in [0.4, 0.5) is 10.1 Å². The average Bonchev–Trinajstić information content (AvgIpc) is 3.09. The van der Waals surface area contributed by atoms with Gasteiger partial charge in [0.05, 0.1) is 15.5 Å². The third-order valence-corrected chi connectivity index (χ3v) is 6.68. The molecular formula is C22H16ClFN2O3S. The van der Waals surface area contributed by atoms with Crippen molar-refractivity contribution in [2.75, 3.05) is 5.32 Å². The van der Waals surface area contributed by atoms with Crippen molar-refractivity contribution >= 4 is 43.9 Å². The number of aromatic nitrogens is 1. The summed E-state index contributed by atoms with van der Waals surface area (Å²) in [5.41, 5.74) is 0.640. The summed E-state index contributed by atoms with van der Waals surface area (Å²) in [6.07, 6.45) is 1.43. The number of fused-ring (bicyclic) bond motifs is 1. The minimum atomic E-state index is -3.83. The van der Waals surface area contributed by atoms with Crippen LogP contribution in [0.5, 0.6) is 0 Å². The first-order chi connectivity index (χ1) is 14.4. The summed E-state index contributed by atoms with van der Waals surface area (Å²) >= 11 is 5.87. The predicted octanol–water partition coefficient (Wildman–Crippen LogP) is 4.91. The van der Waals surface area contributed by atoms with Gasteiger partial charge in [0.2, 0.25) is 15.7 Å². The smallest absolute Gasteiger partial charge is 0.244 e. The van der Waals surface area contributed by atoms with Crippen molar-refractivity contribution in [2.24, 2.45) is 0 Å². The van der Waals surface area contributed by atoms with Gasteiger partial charge in [0.25, 0.3) is 0 Å². The van der Waals surface area contributed by atoms with Gasteiger partial charge in [-0.15, -0.1) is 0 Å². The van der Waals surface area contributed by atoms with Crippen molar-refractivity contribution in [3.63, 3.8) is 0 Å². The number of para-hydroxylation sites is 2. The number of sulfone groups is 1. The van der Waals surface area contributed by atoms with E-state index in [0.29, 0.717) is 15.9 Å². The number of anilines is 1. The van der Waals surface area contributed by atoms with Gasteiger partial charge in [-0.2, -0.15) is 0 Å². The van der Waals surface area contributed by atoms with Gasteiger partial charge in [0.1, 0.15) is 12.4 Å². The van der Waals surface area contributed by atoms with Gasteiger partial charge in [-0.1, -0.05) is 41.9 Å². The van der Waals surface area contributed by atoms with Crippen LogP contribution in [0.25, 0.3) is 10.9 Å². The van der Waals surface area contributed by atoms with E-state index in [4.69, 9.17) is 11.6 Å². The molecule has 1 amide bonds. The highest BCUT2D eigenvalue weighted by Crippen LogP contribution is 2.30. The molecule has 1 N–H and O–H groups in total. The van der Waals surface area contributed by atoms with E-state index in [1.165, 1.54) is 53.2 Å². The van der Waals surface area contributed by atoms with Gasteiger partial charge in [-0.05, 0) is 42.5 Å². The van der Waals surface area contributed by atoms with Gasteiger partial charge in [0.15, 0.2) is 0 Å². The number of nitrogens with one attached hydrogen (secondary N) is 1. The Morgan fingerprint density at radius 3 is 2.37 bits per heavy atom. The second-order valence-corrected chi connectivity index (χ2v) is 8.98. The second-order valence-electron chi connectivity index (χ2n) is 6.62. The number of hydrogen-bond donors (Lipinski definition) is 1. The first-order valence-corrected chi connectivity index (χ1v) is 10.9. The molecule has 0 radical (unpaired) electrons. The Labute approximate surface area is 177 Å². The SMILES string of the molecule is O=C(Cn1cc(S(=O)(=O)c2ccc(Cl)cc2)c2ccccc21)Nc1ccccc1F. The van der Waals surface area contributed by atoms with Crippen molar-refractivity contribution in [1.29, 1.82) is 0 Å². The lowest BCUT2D eigenvalue weighted by Gasteiger charge is -2.08. The monoisotopic (exact) mass is 442 g/mol. The van der Waals surface area contributed by atoms with E-state index in [1.807, 2.05) is 0 Å². The van der Waals surface area contributed by atoms with Crippen LogP contribution in [-0.2, 0) is 21.2 Å². The van der Waals surface area contributed by atoms with Crippen LogP contribution in [0.1, 0.15) is 0 Å². The average molecular weight is 443 g/mol. The minimum Gasteiger partial charge on any atom is -0.337 e. The fraction of sp³-hybridized carbons (Fsp3) is 0.0455. The summed E-state index contributed by atoms with van der Waals surface area (Å²) in [4.78, 5) is 12.7. The Morgan fingerprint density at radius 2 is 1.63 bits per heavy atom. The number of nitrogens with zero attached hydrogens (tertiary/aromatic N) is 1. The molecule has 0 fully saturated rings. The fourth-order valence-corrected chi connectivity index (χ4v) is 4.81. The Hall–Kier alpha value is -3.16. The van der Waals surface area contributed by atoms with E-state index in [1.54, 1.807) is 30.3 Å². The molecule has 0 spiro atoms. The molecule has 4 rings (SSSR count). The number of hydrogen-bond acceptors (Lipinski definition) is 3. The Kier molecular flexibility index (Phi) is 5.32. The molecule has 0 saturated heterocycles. The van der Waals surface area contributed by atoms with Crippen LogP contribution >= 0.6 is 11.6 Å². The molecule has 0 saturated carbocycles. The van der Waals surface area contributed by atoms with Gasteiger partial charge in [-0.25, -0.2) is 12.8 Å². The molecule has 0 aliphatic rings. The number of carbonyl (C=O) groups is 1. The Bertz CT molecular complexity index is 1350. The van der Waals surface area contributed by atoms with E-state index in [9.17, 15) is 17.6 Å². The lowest BCUT2D eigenvalue weighted by molar-refractivity contribution is -0.116. The first-order valence-electron chi connectivity index (χ1n) is 8.99. The highest BCUT2D eigenvalue weighted by Gasteiger charge is 2.24. The van der Waals surface area contributed by atoms with Crippen LogP contribution in [0.15, 0.2) is 88.8 Å². The van der Waals surface area contributed by atoms with Crippen molar-refractivity contribution < 1.29 is 17.6 Å². The maximum absolute atomic E-state index is 13.8. The topological polar surface area (TPSA) is 68.2 Å². The molecule has 152 valence electrons. The normalized spacial score (nSPS) is 11.5. The standard InChI is InChI=1S/C22H16ClFN2O3S/c23-15-9-11-16(12-10-15)30(28,29)21-13-26(20-8-4-1-5-17(20)21)14-22(27)25-19-7-3-2-6-18(19)24/h1-13H,14H2,(H,25,27). The molecule has 30 heavy (non-hydrogen) atoms. The van der Waals surface area contributed by atoms with Gasteiger partial charge < -0.3 is 9.88 Å². The summed E-state index contributed by atoms with van der Waals surface area (Å²) in [5, 5.41) is 3.43. The molecule has 4 aromatic rings. The zero-order valence-electron chi connectivity index (χ0n) is 15.5. The van der Waals surface area contributed by atoms with Crippen LogP contribution in [-0.4, -0.2) is 18.9 Å². The number of amides is 1. The number of benzene rings is 3. The zero-order valence-corrected chi connectivity index (χ0v) is 17.1. The van der Waals surface area contributed by atoms with E-state index >= 15 is 0 Å². The minimum absolute atomic E-state index is 0.0629. The van der Waals surface area contributed by atoms with E-state index in [0.717, 1.165) is 0 Å². The third kappa shape index (κ3) is 3.81. The molecule has 0 aliphatic heterocycles. The van der Waals surface area contributed by atoms with Crippen LogP contribution in [0.3, 0.4) is 0 Å². The molecule has 0 bridgehead atoms. The second kappa shape index (κ2) is 7.93. The molecule has 5 nitrogen and oxygen atoms in total. The van der Waals surface area contributed by atoms with Crippen molar-refractivity contribution in [3.8, 4) is 0 Å². The van der Waals surface area contributed by atoms with Crippen molar-refractivity contribution in [2.45, 2.75) is 16.3 Å². The number of halogens is 2. The molecule has 1 heterocycles. The highest BCUT2D eigenvalue weighted by atomic mass is 35.5. The van der Waals surface area contributed by atoms with E-state index in [-0.39, 0.29) is 22.0 Å². The van der Waals surface area contributed by atoms with Gasteiger partial charge in [0, 0.05) is 22.1 Å². The van der Waals surface area contributed by atoms with E-state index < -0.39 is 21.6 Å². The third-order valence-electron chi connectivity index (χ3n) is 4.63. The Morgan fingerprint density at radius 1 is 0.967 bits per heavy atom.